The Morgan fingerprint density at radius 2 is 2.21 bits per heavy atom. The molecule has 19 heavy (non-hydrogen) atoms. The highest BCUT2D eigenvalue weighted by atomic mass is 16.6. The van der Waals surface area contributed by atoms with Gasteiger partial charge in [0, 0.05) is 17.8 Å². The number of aromatic nitrogens is 2. The van der Waals surface area contributed by atoms with Gasteiger partial charge in [0.2, 0.25) is 0 Å². The molecule has 1 aromatic heterocycles. The average molecular weight is 260 g/mol. The smallest absolute Gasteiger partial charge is 0.282 e. The number of rotatable bonds is 4. The average Bonchev–Trinajstić information content (AvgIpc) is 2.86. The highest BCUT2D eigenvalue weighted by Gasteiger charge is 2.19. The van der Waals surface area contributed by atoms with Crippen LogP contribution in [0.15, 0.2) is 30.3 Å². The number of nitro groups is 1. The number of carbonyl (C=O) groups excluding carboxylic acids is 1. The van der Waals surface area contributed by atoms with Gasteiger partial charge < -0.3 is 5.32 Å². The fourth-order valence-electron chi connectivity index (χ4n) is 1.62. The number of carbonyl (C=O) groups is 1. The van der Waals surface area contributed by atoms with E-state index in [0.717, 1.165) is 12.1 Å². The van der Waals surface area contributed by atoms with E-state index in [0.29, 0.717) is 5.82 Å². The van der Waals surface area contributed by atoms with Gasteiger partial charge in [-0.1, -0.05) is 19.1 Å². The van der Waals surface area contributed by atoms with Gasteiger partial charge in [0.15, 0.2) is 5.82 Å². The fraction of sp³-hybridized carbons (Fsp3) is 0.167. The molecule has 2 rings (SSSR count). The van der Waals surface area contributed by atoms with E-state index in [9.17, 15) is 14.9 Å². The summed E-state index contributed by atoms with van der Waals surface area (Å²) in [5, 5.41) is 20.0. The van der Waals surface area contributed by atoms with E-state index in [1.807, 2.05) is 6.92 Å². The zero-order valence-corrected chi connectivity index (χ0v) is 10.2. The summed E-state index contributed by atoms with van der Waals surface area (Å²) in [6, 6.07) is 7.47. The summed E-state index contributed by atoms with van der Waals surface area (Å²) in [5.74, 6) is -0.207. The van der Waals surface area contributed by atoms with Crippen molar-refractivity contribution in [2.75, 3.05) is 5.32 Å². The second-order valence-corrected chi connectivity index (χ2v) is 3.86. The minimum Gasteiger partial charge on any atom is -0.305 e. The van der Waals surface area contributed by atoms with Crippen LogP contribution in [0, 0.1) is 10.1 Å². The van der Waals surface area contributed by atoms with Gasteiger partial charge in [-0.3, -0.25) is 20.0 Å². The number of nitrogens with zero attached hydrogens (tertiary/aromatic N) is 2. The first-order valence-electron chi connectivity index (χ1n) is 5.71. The van der Waals surface area contributed by atoms with Gasteiger partial charge in [0.1, 0.15) is 5.56 Å². The molecule has 1 amide bonds. The number of amides is 1. The molecule has 1 aromatic carbocycles. The summed E-state index contributed by atoms with van der Waals surface area (Å²) in [6.07, 6.45) is 0.758. The first-order chi connectivity index (χ1) is 9.11. The van der Waals surface area contributed by atoms with Crippen molar-refractivity contribution in [1.82, 2.24) is 10.2 Å². The third-order valence-electron chi connectivity index (χ3n) is 2.60. The van der Waals surface area contributed by atoms with Crippen LogP contribution in [0.25, 0.3) is 0 Å². The van der Waals surface area contributed by atoms with E-state index >= 15 is 0 Å². The number of aromatic amines is 1. The van der Waals surface area contributed by atoms with Crippen LogP contribution < -0.4 is 5.32 Å². The molecule has 98 valence electrons. The van der Waals surface area contributed by atoms with Crippen molar-refractivity contribution in [3.8, 4) is 0 Å². The second-order valence-electron chi connectivity index (χ2n) is 3.86. The van der Waals surface area contributed by atoms with Crippen LogP contribution in [0.1, 0.15) is 23.0 Å². The summed E-state index contributed by atoms with van der Waals surface area (Å²) in [7, 11) is 0. The SMILES string of the molecule is CCc1cc(NC(=O)c2ccccc2[N+](=O)[O-])n[nH]1. The number of benzene rings is 1. The Kier molecular flexibility index (Phi) is 3.56. The first kappa shape index (κ1) is 12.7. The number of H-pyrrole nitrogens is 1. The number of nitro benzene ring substituents is 1. The summed E-state index contributed by atoms with van der Waals surface area (Å²) >= 11 is 0. The lowest BCUT2D eigenvalue weighted by Crippen LogP contribution is -2.14. The molecule has 0 spiro atoms. The van der Waals surface area contributed by atoms with Crippen molar-refractivity contribution in [2.45, 2.75) is 13.3 Å². The van der Waals surface area contributed by atoms with Gasteiger partial charge in [-0.15, -0.1) is 0 Å². The maximum atomic E-state index is 12.0. The van der Waals surface area contributed by atoms with E-state index in [1.54, 1.807) is 12.1 Å². The summed E-state index contributed by atoms with van der Waals surface area (Å²) < 4.78 is 0. The minimum atomic E-state index is -0.586. The molecule has 2 N–H and O–H groups in total. The molecule has 0 atom stereocenters. The van der Waals surface area contributed by atoms with Crippen LogP contribution in [0.2, 0.25) is 0 Å². The van der Waals surface area contributed by atoms with E-state index in [1.165, 1.54) is 18.2 Å². The third kappa shape index (κ3) is 2.76. The molecule has 0 unspecified atom stereocenters. The maximum Gasteiger partial charge on any atom is 0.282 e. The van der Waals surface area contributed by atoms with Gasteiger partial charge in [-0.2, -0.15) is 5.10 Å². The Labute approximate surface area is 108 Å². The number of hydrogen-bond acceptors (Lipinski definition) is 4. The van der Waals surface area contributed by atoms with E-state index < -0.39 is 10.8 Å². The molecule has 0 radical (unpaired) electrons. The Bertz CT molecular complexity index is 621. The normalized spacial score (nSPS) is 10.2. The Balaban J connectivity index is 2.22. The van der Waals surface area contributed by atoms with Gasteiger partial charge in [-0.05, 0) is 12.5 Å². The predicted molar refractivity (Wildman–Crippen MR) is 69.0 cm³/mol. The Morgan fingerprint density at radius 3 is 2.84 bits per heavy atom. The molecular weight excluding hydrogens is 248 g/mol. The maximum absolute atomic E-state index is 12.0. The molecule has 7 nitrogen and oxygen atoms in total. The van der Waals surface area contributed by atoms with Gasteiger partial charge in [-0.25, -0.2) is 0 Å². The van der Waals surface area contributed by atoms with E-state index in [2.05, 4.69) is 15.5 Å². The minimum absolute atomic E-state index is 0.00792. The topological polar surface area (TPSA) is 101 Å². The third-order valence-corrected chi connectivity index (χ3v) is 2.60. The molecular formula is C12H12N4O3. The van der Waals surface area contributed by atoms with Crippen LogP contribution in [-0.2, 0) is 6.42 Å². The first-order valence-corrected chi connectivity index (χ1v) is 5.71. The summed E-state index contributed by atoms with van der Waals surface area (Å²) in [5.41, 5.74) is 0.651. The largest absolute Gasteiger partial charge is 0.305 e. The molecule has 1 heterocycles. The lowest BCUT2D eigenvalue weighted by atomic mass is 10.1. The molecule has 0 aliphatic heterocycles. The number of anilines is 1. The Hall–Kier alpha value is -2.70. The molecule has 2 aromatic rings. The van der Waals surface area contributed by atoms with Gasteiger partial charge >= 0.3 is 0 Å². The molecule has 0 aliphatic carbocycles. The molecule has 7 heteroatoms. The van der Waals surface area contributed by atoms with Gasteiger partial charge in [0.05, 0.1) is 4.92 Å². The lowest BCUT2D eigenvalue weighted by Gasteiger charge is -2.02. The van der Waals surface area contributed by atoms with Crippen LogP contribution in [0.4, 0.5) is 11.5 Å². The lowest BCUT2D eigenvalue weighted by molar-refractivity contribution is -0.385. The fourth-order valence-corrected chi connectivity index (χ4v) is 1.62. The molecule has 0 saturated carbocycles. The monoisotopic (exact) mass is 260 g/mol. The van der Waals surface area contributed by atoms with Crippen LogP contribution >= 0.6 is 0 Å². The molecule has 0 fully saturated rings. The van der Waals surface area contributed by atoms with E-state index in [-0.39, 0.29) is 11.3 Å². The number of aryl methyl sites for hydroxylation is 1. The summed E-state index contributed by atoms with van der Waals surface area (Å²) in [4.78, 5) is 22.2. The Morgan fingerprint density at radius 1 is 1.47 bits per heavy atom. The van der Waals surface area contributed by atoms with Crippen molar-refractivity contribution in [2.24, 2.45) is 0 Å². The zero-order chi connectivity index (χ0) is 13.8. The highest BCUT2D eigenvalue weighted by molar-refractivity contribution is 6.06. The van der Waals surface area contributed by atoms with Crippen molar-refractivity contribution < 1.29 is 9.72 Å². The number of nitrogens with one attached hydrogen (secondary N) is 2. The standard InChI is InChI=1S/C12H12N4O3/c1-2-8-7-11(15-14-8)13-12(17)9-5-3-4-6-10(9)16(18)19/h3-7H,2H2,1H3,(H2,13,14,15,17). The van der Waals surface area contributed by atoms with Crippen LogP contribution in [-0.4, -0.2) is 21.0 Å². The summed E-state index contributed by atoms with van der Waals surface area (Å²) in [6.45, 7) is 1.95. The second kappa shape index (κ2) is 5.30. The quantitative estimate of drug-likeness (QED) is 0.649. The van der Waals surface area contributed by atoms with Gasteiger partial charge in [0.25, 0.3) is 11.6 Å². The number of para-hydroxylation sites is 1. The van der Waals surface area contributed by atoms with E-state index in [4.69, 9.17) is 0 Å². The van der Waals surface area contributed by atoms with Crippen LogP contribution in [0.5, 0.6) is 0 Å². The molecule has 0 bridgehead atoms. The van der Waals surface area contributed by atoms with Crippen LogP contribution in [0.3, 0.4) is 0 Å². The number of hydrogen-bond donors (Lipinski definition) is 2. The zero-order valence-electron chi connectivity index (χ0n) is 10.2. The molecule has 0 aliphatic rings. The van der Waals surface area contributed by atoms with Crippen molar-refractivity contribution in [1.29, 1.82) is 0 Å². The van der Waals surface area contributed by atoms with Crippen molar-refractivity contribution in [3.05, 3.63) is 51.7 Å². The predicted octanol–water partition coefficient (Wildman–Crippen LogP) is 2.13. The van der Waals surface area contributed by atoms with Crippen molar-refractivity contribution >= 4 is 17.4 Å². The van der Waals surface area contributed by atoms with Crippen molar-refractivity contribution in [3.63, 3.8) is 0 Å². The molecule has 0 saturated heterocycles. The highest BCUT2D eigenvalue weighted by Crippen LogP contribution is 2.19.